The van der Waals surface area contributed by atoms with Crippen molar-refractivity contribution >= 4 is 5.78 Å². The van der Waals surface area contributed by atoms with Crippen molar-refractivity contribution in [1.82, 2.24) is 0 Å². The Bertz CT molecular complexity index is 506. The Balaban J connectivity index is 2.34. The largest absolute Gasteiger partial charge is 0.289 e. The smallest absolute Gasteiger partial charge is 0.193 e. The van der Waals surface area contributed by atoms with E-state index in [0.29, 0.717) is 0 Å². The van der Waals surface area contributed by atoms with E-state index in [1.54, 1.807) is 0 Å². The van der Waals surface area contributed by atoms with Gasteiger partial charge in [-0.1, -0.05) is 50.2 Å². The van der Waals surface area contributed by atoms with Crippen molar-refractivity contribution in [2.24, 2.45) is 0 Å². The van der Waals surface area contributed by atoms with Gasteiger partial charge in [-0.3, -0.25) is 4.79 Å². The zero-order valence-electron chi connectivity index (χ0n) is 10.9. The molecule has 0 aromatic heterocycles. The van der Waals surface area contributed by atoms with E-state index >= 15 is 0 Å². The minimum absolute atomic E-state index is 0.112. The van der Waals surface area contributed by atoms with Crippen LogP contribution in [-0.2, 0) is 12.8 Å². The number of hydrogen-bond acceptors (Lipinski definition) is 1. The maximum Gasteiger partial charge on any atom is 0.193 e. The van der Waals surface area contributed by atoms with Crippen LogP contribution in [-0.4, -0.2) is 5.78 Å². The quantitative estimate of drug-likeness (QED) is 0.735. The Morgan fingerprint density at radius 3 is 1.67 bits per heavy atom. The summed E-state index contributed by atoms with van der Waals surface area (Å²) in [7, 11) is 0. The number of benzene rings is 2. The Morgan fingerprint density at radius 2 is 1.28 bits per heavy atom. The van der Waals surface area contributed by atoms with Crippen molar-refractivity contribution < 1.29 is 4.79 Å². The highest BCUT2D eigenvalue weighted by Gasteiger charge is 2.09. The normalized spacial score (nSPS) is 10.3. The van der Waals surface area contributed by atoms with E-state index in [2.05, 4.69) is 26.0 Å². The predicted octanol–water partition coefficient (Wildman–Crippen LogP) is 4.04. The standard InChI is InChI=1S/C17H18O/c1-3-13-7-5-9-15(11-13)17(18)16-10-6-8-14(4-2)12-16/h5-12H,3-4H2,1-2H3. The van der Waals surface area contributed by atoms with Crippen LogP contribution in [0.3, 0.4) is 0 Å². The number of ketones is 1. The fraction of sp³-hybridized carbons (Fsp3) is 0.235. The third-order valence-corrected chi connectivity index (χ3v) is 3.19. The first-order valence-electron chi connectivity index (χ1n) is 6.47. The molecule has 2 rings (SSSR count). The van der Waals surface area contributed by atoms with Crippen LogP contribution in [0.25, 0.3) is 0 Å². The van der Waals surface area contributed by atoms with E-state index in [1.165, 1.54) is 11.1 Å². The SMILES string of the molecule is CCc1cccc(C(=O)c2cccc(CC)c2)c1. The number of aryl methyl sites for hydroxylation is 2. The molecule has 1 heteroatoms. The fourth-order valence-electron chi connectivity index (χ4n) is 2.03. The second-order valence-electron chi connectivity index (χ2n) is 4.44. The Labute approximate surface area is 108 Å². The molecule has 0 spiro atoms. The zero-order chi connectivity index (χ0) is 13.0. The topological polar surface area (TPSA) is 17.1 Å². The lowest BCUT2D eigenvalue weighted by molar-refractivity contribution is 0.103. The molecular weight excluding hydrogens is 220 g/mol. The molecule has 0 saturated heterocycles. The molecule has 18 heavy (non-hydrogen) atoms. The van der Waals surface area contributed by atoms with Gasteiger partial charge in [0.05, 0.1) is 0 Å². The number of hydrogen-bond donors (Lipinski definition) is 0. The molecule has 2 aromatic carbocycles. The van der Waals surface area contributed by atoms with Gasteiger partial charge in [0, 0.05) is 11.1 Å². The molecule has 1 nitrogen and oxygen atoms in total. The lowest BCUT2D eigenvalue weighted by Crippen LogP contribution is -2.02. The van der Waals surface area contributed by atoms with Crippen LogP contribution in [0.1, 0.15) is 40.9 Å². The lowest BCUT2D eigenvalue weighted by Gasteiger charge is -2.05. The van der Waals surface area contributed by atoms with Crippen molar-refractivity contribution in [3.63, 3.8) is 0 Å². The minimum Gasteiger partial charge on any atom is -0.289 e. The Hall–Kier alpha value is -1.89. The summed E-state index contributed by atoms with van der Waals surface area (Å²) in [5.41, 5.74) is 3.96. The summed E-state index contributed by atoms with van der Waals surface area (Å²) in [6.07, 6.45) is 1.91. The molecule has 0 amide bonds. The number of carbonyl (C=O) groups excluding carboxylic acids is 1. The third kappa shape index (κ3) is 2.67. The van der Waals surface area contributed by atoms with Crippen molar-refractivity contribution in [3.8, 4) is 0 Å². The van der Waals surface area contributed by atoms with Crippen molar-refractivity contribution in [1.29, 1.82) is 0 Å². The Kier molecular flexibility index (Phi) is 3.93. The zero-order valence-corrected chi connectivity index (χ0v) is 10.9. The van der Waals surface area contributed by atoms with Gasteiger partial charge >= 0.3 is 0 Å². The van der Waals surface area contributed by atoms with E-state index in [0.717, 1.165) is 24.0 Å². The van der Waals surface area contributed by atoms with Gasteiger partial charge in [-0.2, -0.15) is 0 Å². The maximum atomic E-state index is 12.4. The molecule has 0 aliphatic carbocycles. The molecule has 0 bridgehead atoms. The van der Waals surface area contributed by atoms with Crippen LogP contribution in [0.2, 0.25) is 0 Å². The first-order valence-corrected chi connectivity index (χ1v) is 6.47. The van der Waals surface area contributed by atoms with Crippen LogP contribution in [0.5, 0.6) is 0 Å². The molecule has 0 atom stereocenters. The first-order chi connectivity index (χ1) is 8.74. The maximum absolute atomic E-state index is 12.4. The number of rotatable bonds is 4. The first kappa shape index (κ1) is 12.6. The molecule has 2 aromatic rings. The monoisotopic (exact) mass is 238 g/mol. The van der Waals surface area contributed by atoms with Gasteiger partial charge < -0.3 is 0 Å². The average molecular weight is 238 g/mol. The molecule has 0 aliphatic rings. The molecule has 0 unspecified atom stereocenters. The summed E-state index contributed by atoms with van der Waals surface area (Å²) in [6.45, 7) is 4.20. The molecule has 0 aliphatic heterocycles. The molecule has 0 fully saturated rings. The third-order valence-electron chi connectivity index (χ3n) is 3.19. The number of carbonyl (C=O) groups is 1. The van der Waals surface area contributed by atoms with Crippen molar-refractivity contribution in [2.75, 3.05) is 0 Å². The van der Waals surface area contributed by atoms with Crippen LogP contribution < -0.4 is 0 Å². The Morgan fingerprint density at radius 1 is 0.833 bits per heavy atom. The molecule has 0 saturated carbocycles. The van der Waals surface area contributed by atoms with E-state index < -0.39 is 0 Å². The summed E-state index contributed by atoms with van der Waals surface area (Å²) in [5.74, 6) is 0.112. The van der Waals surface area contributed by atoms with Crippen LogP contribution in [0, 0.1) is 0 Å². The minimum atomic E-state index is 0.112. The van der Waals surface area contributed by atoms with E-state index in [1.807, 2.05) is 36.4 Å². The van der Waals surface area contributed by atoms with Gasteiger partial charge in [0.25, 0.3) is 0 Å². The molecule has 0 N–H and O–H groups in total. The summed E-state index contributed by atoms with van der Waals surface area (Å²) < 4.78 is 0. The van der Waals surface area contributed by atoms with Crippen molar-refractivity contribution in [2.45, 2.75) is 26.7 Å². The van der Waals surface area contributed by atoms with Crippen LogP contribution in [0.4, 0.5) is 0 Å². The van der Waals surface area contributed by atoms with E-state index in [-0.39, 0.29) is 5.78 Å². The summed E-state index contributed by atoms with van der Waals surface area (Å²) >= 11 is 0. The van der Waals surface area contributed by atoms with E-state index in [4.69, 9.17) is 0 Å². The van der Waals surface area contributed by atoms with Crippen LogP contribution >= 0.6 is 0 Å². The molecule has 0 heterocycles. The van der Waals surface area contributed by atoms with Gasteiger partial charge in [-0.05, 0) is 36.1 Å². The highest BCUT2D eigenvalue weighted by atomic mass is 16.1. The van der Waals surface area contributed by atoms with Crippen LogP contribution in [0.15, 0.2) is 48.5 Å². The summed E-state index contributed by atoms with van der Waals surface area (Å²) in [5, 5.41) is 0. The second kappa shape index (κ2) is 5.63. The van der Waals surface area contributed by atoms with Crippen molar-refractivity contribution in [3.05, 3.63) is 70.8 Å². The summed E-state index contributed by atoms with van der Waals surface area (Å²) in [4.78, 5) is 12.4. The molecule has 0 radical (unpaired) electrons. The highest BCUT2D eigenvalue weighted by Crippen LogP contribution is 2.14. The van der Waals surface area contributed by atoms with E-state index in [9.17, 15) is 4.79 Å². The van der Waals surface area contributed by atoms with Gasteiger partial charge in [-0.15, -0.1) is 0 Å². The fourth-order valence-corrected chi connectivity index (χ4v) is 2.03. The van der Waals surface area contributed by atoms with Gasteiger partial charge in [0.15, 0.2) is 5.78 Å². The molecular formula is C17H18O. The second-order valence-corrected chi connectivity index (χ2v) is 4.44. The highest BCUT2D eigenvalue weighted by molar-refractivity contribution is 6.09. The predicted molar refractivity (Wildman–Crippen MR) is 75.1 cm³/mol. The average Bonchev–Trinajstić information content (AvgIpc) is 2.46. The lowest BCUT2D eigenvalue weighted by atomic mass is 9.99. The van der Waals surface area contributed by atoms with Gasteiger partial charge in [-0.25, -0.2) is 0 Å². The van der Waals surface area contributed by atoms with Gasteiger partial charge in [0.1, 0.15) is 0 Å². The summed E-state index contributed by atoms with van der Waals surface area (Å²) in [6, 6.07) is 15.8. The van der Waals surface area contributed by atoms with Gasteiger partial charge in [0.2, 0.25) is 0 Å². The molecule has 92 valence electrons.